The third kappa shape index (κ3) is 4.88. The number of carbonyl (C=O) groups excluding carboxylic acids is 2. The van der Waals surface area contributed by atoms with Gasteiger partial charge >= 0.3 is 0 Å². The van der Waals surface area contributed by atoms with Crippen molar-refractivity contribution in [2.24, 2.45) is 5.41 Å². The summed E-state index contributed by atoms with van der Waals surface area (Å²) >= 11 is 0. The molecule has 0 aliphatic carbocycles. The molecule has 2 N–H and O–H groups in total. The van der Waals surface area contributed by atoms with E-state index in [1.165, 1.54) is 7.11 Å². The molecule has 2 aromatic rings. The molecule has 0 bridgehead atoms. The molecule has 0 spiro atoms. The normalized spacial score (nSPS) is 11.0. The van der Waals surface area contributed by atoms with Crippen molar-refractivity contribution >= 4 is 23.2 Å². The van der Waals surface area contributed by atoms with Gasteiger partial charge in [-0.05, 0) is 49.9 Å². The van der Waals surface area contributed by atoms with Crippen molar-refractivity contribution in [3.63, 3.8) is 0 Å². The molecule has 0 aliphatic rings. The van der Waals surface area contributed by atoms with Crippen LogP contribution < -0.4 is 20.1 Å². The van der Waals surface area contributed by atoms with Crippen LogP contribution in [0.5, 0.6) is 11.5 Å². The van der Waals surface area contributed by atoms with E-state index in [9.17, 15) is 9.59 Å². The highest BCUT2D eigenvalue weighted by Gasteiger charge is 2.37. The van der Waals surface area contributed by atoms with Gasteiger partial charge in [0.25, 0.3) is 0 Å². The second kappa shape index (κ2) is 9.45. The average molecular weight is 399 g/mol. The maximum Gasteiger partial charge on any atom is 0.239 e. The van der Waals surface area contributed by atoms with Crippen LogP contribution in [0.3, 0.4) is 0 Å². The zero-order valence-corrected chi connectivity index (χ0v) is 18.0. The largest absolute Gasteiger partial charge is 0.497 e. The summed E-state index contributed by atoms with van der Waals surface area (Å²) in [6.45, 7) is 7.28. The standard InChI is InChI=1S/C23H30N2O4/c1-7-15-10-9-11-16(8-2)20(15)25-22(27)23(3,4)21(26)24-18-14-17(28-5)12-13-19(18)29-6/h9-14H,7-8H2,1-6H3,(H,24,26)(H,25,27). The van der Waals surface area contributed by atoms with Gasteiger partial charge in [-0.3, -0.25) is 9.59 Å². The van der Waals surface area contributed by atoms with E-state index in [4.69, 9.17) is 9.47 Å². The van der Waals surface area contributed by atoms with Gasteiger partial charge in [0.2, 0.25) is 11.8 Å². The monoisotopic (exact) mass is 398 g/mol. The maximum absolute atomic E-state index is 13.1. The molecular formula is C23H30N2O4. The number of anilines is 2. The fourth-order valence-corrected chi connectivity index (χ4v) is 2.97. The minimum absolute atomic E-state index is 0.368. The first kappa shape index (κ1) is 22.3. The van der Waals surface area contributed by atoms with Crippen LogP contribution in [0.15, 0.2) is 36.4 Å². The molecule has 156 valence electrons. The predicted octanol–water partition coefficient (Wildman–Crippen LogP) is 4.43. The van der Waals surface area contributed by atoms with Crippen LogP contribution in [0.25, 0.3) is 0 Å². The molecule has 0 saturated carbocycles. The highest BCUT2D eigenvalue weighted by atomic mass is 16.5. The molecular weight excluding hydrogens is 368 g/mol. The Morgan fingerprint density at radius 1 is 0.897 bits per heavy atom. The molecule has 2 rings (SSSR count). The zero-order valence-electron chi connectivity index (χ0n) is 18.0. The quantitative estimate of drug-likeness (QED) is 0.645. The van der Waals surface area contributed by atoms with Crippen molar-refractivity contribution in [1.29, 1.82) is 0 Å². The molecule has 6 nitrogen and oxygen atoms in total. The van der Waals surface area contributed by atoms with E-state index in [0.29, 0.717) is 17.2 Å². The third-order valence-corrected chi connectivity index (χ3v) is 5.03. The Labute approximate surface area is 172 Å². The Bertz CT molecular complexity index is 868. The Hall–Kier alpha value is -3.02. The number of rotatable bonds is 8. The topological polar surface area (TPSA) is 76.7 Å². The molecule has 0 saturated heterocycles. The first-order valence-corrected chi connectivity index (χ1v) is 9.74. The highest BCUT2D eigenvalue weighted by molar-refractivity contribution is 6.14. The van der Waals surface area contributed by atoms with E-state index in [-0.39, 0.29) is 5.91 Å². The van der Waals surface area contributed by atoms with E-state index in [0.717, 1.165) is 29.7 Å². The summed E-state index contributed by atoms with van der Waals surface area (Å²) in [5, 5.41) is 5.78. The van der Waals surface area contributed by atoms with E-state index < -0.39 is 11.3 Å². The van der Waals surface area contributed by atoms with Crippen molar-refractivity contribution in [1.82, 2.24) is 0 Å². The molecule has 6 heteroatoms. The summed E-state index contributed by atoms with van der Waals surface area (Å²) in [5.41, 5.74) is 2.02. The third-order valence-electron chi connectivity index (χ3n) is 5.03. The number of methoxy groups -OCH3 is 2. The number of hydrogen-bond acceptors (Lipinski definition) is 4. The van der Waals surface area contributed by atoms with Crippen molar-refractivity contribution < 1.29 is 19.1 Å². The summed E-state index contributed by atoms with van der Waals surface area (Å²) in [6.07, 6.45) is 1.58. The molecule has 2 amide bonds. The molecule has 0 aliphatic heterocycles. The first-order chi connectivity index (χ1) is 13.8. The summed E-state index contributed by atoms with van der Waals surface area (Å²) in [6, 6.07) is 11.1. The minimum Gasteiger partial charge on any atom is -0.497 e. The van der Waals surface area contributed by atoms with Crippen molar-refractivity contribution in [3.8, 4) is 11.5 Å². The van der Waals surface area contributed by atoms with Crippen LogP contribution in [-0.4, -0.2) is 26.0 Å². The molecule has 29 heavy (non-hydrogen) atoms. The van der Waals surface area contributed by atoms with Gasteiger partial charge in [0.15, 0.2) is 0 Å². The lowest BCUT2D eigenvalue weighted by Gasteiger charge is -2.25. The van der Waals surface area contributed by atoms with Crippen LogP contribution in [0.1, 0.15) is 38.8 Å². The molecule has 0 atom stereocenters. The second-order valence-corrected chi connectivity index (χ2v) is 7.26. The molecule has 0 unspecified atom stereocenters. The zero-order chi connectivity index (χ0) is 21.6. The number of hydrogen-bond donors (Lipinski definition) is 2. The summed E-state index contributed by atoms with van der Waals surface area (Å²) in [7, 11) is 3.06. The first-order valence-electron chi connectivity index (χ1n) is 9.74. The van der Waals surface area contributed by atoms with Gasteiger partial charge in [-0.1, -0.05) is 32.0 Å². The van der Waals surface area contributed by atoms with Gasteiger partial charge in [0.1, 0.15) is 16.9 Å². The van der Waals surface area contributed by atoms with Crippen molar-refractivity contribution in [3.05, 3.63) is 47.5 Å². The molecule has 0 fully saturated rings. The van der Waals surface area contributed by atoms with Gasteiger partial charge in [-0.15, -0.1) is 0 Å². The summed E-state index contributed by atoms with van der Waals surface area (Å²) in [5.74, 6) is 0.258. The van der Waals surface area contributed by atoms with Crippen LogP contribution in [0, 0.1) is 5.41 Å². The number of para-hydroxylation sites is 1. The number of ether oxygens (including phenoxy) is 2. The number of benzene rings is 2. The Balaban J connectivity index is 2.27. The van der Waals surface area contributed by atoms with Gasteiger partial charge in [-0.2, -0.15) is 0 Å². The number of aryl methyl sites for hydroxylation is 2. The fourth-order valence-electron chi connectivity index (χ4n) is 2.97. The van der Waals surface area contributed by atoms with Crippen LogP contribution in [0.4, 0.5) is 11.4 Å². The number of nitrogens with one attached hydrogen (secondary N) is 2. The van der Waals surface area contributed by atoms with Crippen molar-refractivity contribution in [2.45, 2.75) is 40.5 Å². The lowest BCUT2D eigenvalue weighted by atomic mass is 9.90. The SMILES string of the molecule is CCc1cccc(CC)c1NC(=O)C(C)(C)C(=O)Nc1cc(OC)ccc1OC. The molecule has 0 radical (unpaired) electrons. The summed E-state index contributed by atoms with van der Waals surface area (Å²) < 4.78 is 10.5. The van der Waals surface area contributed by atoms with Crippen LogP contribution in [-0.2, 0) is 22.4 Å². The predicted molar refractivity (Wildman–Crippen MR) is 116 cm³/mol. The molecule has 0 aromatic heterocycles. The second-order valence-electron chi connectivity index (χ2n) is 7.26. The van der Waals surface area contributed by atoms with E-state index in [2.05, 4.69) is 10.6 Å². The maximum atomic E-state index is 13.1. The van der Waals surface area contributed by atoms with Gasteiger partial charge in [0, 0.05) is 11.8 Å². The van der Waals surface area contributed by atoms with E-state index >= 15 is 0 Å². The average Bonchev–Trinajstić information content (AvgIpc) is 2.73. The molecule has 2 aromatic carbocycles. The Morgan fingerprint density at radius 2 is 1.48 bits per heavy atom. The summed E-state index contributed by atoms with van der Waals surface area (Å²) in [4.78, 5) is 26.0. The van der Waals surface area contributed by atoms with Gasteiger partial charge < -0.3 is 20.1 Å². The fraction of sp³-hybridized carbons (Fsp3) is 0.391. The van der Waals surface area contributed by atoms with Gasteiger partial charge in [-0.25, -0.2) is 0 Å². The van der Waals surface area contributed by atoms with E-state index in [1.54, 1.807) is 39.2 Å². The lowest BCUT2D eigenvalue weighted by Crippen LogP contribution is -2.42. The van der Waals surface area contributed by atoms with E-state index in [1.807, 2.05) is 32.0 Å². The Kier molecular flexibility index (Phi) is 7.26. The van der Waals surface area contributed by atoms with Gasteiger partial charge in [0.05, 0.1) is 19.9 Å². The number of carbonyl (C=O) groups is 2. The number of amides is 2. The smallest absolute Gasteiger partial charge is 0.239 e. The van der Waals surface area contributed by atoms with Crippen LogP contribution >= 0.6 is 0 Å². The van der Waals surface area contributed by atoms with Crippen LogP contribution in [0.2, 0.25) is 0 Å². The molecule has 0 heterocycles. The highest BCUT2D eigenvalue weighted by Crippen LogP contribution is 2.31. The van der Waals surface area contributed by atoms with Crippen molar-refractivity contribution in [2.75, 3.05) is 24.9 Å². The lowest BCUT2D eigenvalue weighted by molar-refractivity contribution is -0.135. The Morgan fingerprint density at radius 3 is 2.00 bits per heavy atom. The minimum atomic E-state index is -1.31.